The molecule has 0 heterocycles. The summed E-state index contributed by atoms with van der Waals surface area (Å²) in [6, 6.07) is 4.47. The molecule has 0 spiro atoms. The maximum atomic E-state index is 11.6. The van der Waals surface area contributed by atoms with Crippen LogP contribution >= 0.6 is 23.2 Å². The molecule has 0 aliphatic heterocycles. The fraction of sp³-hybridized carbons (Fsp3) is 0.200. The van der Waals surface area contributed by atoms with Gasteiger partial charge in [0.15, 0.2) is 0 Å². The Morgan fingerprint density at radius 2 is 2.06 bits per heavy atom. The predicted octanol–water partition coefficient (Wildman–Crippen LogP) is 1.40. The van der Waals surface area contributed by atoms with Crippen molar-refractivity contribution >= 4 is 35.0 Å². The quantitative estimate of drug-likeness (QED) is 0.817. The average Bonchev–Trinajstić information content (AvgIpc) is 2.26. The molecule has 17 heavy (non-hydrogen) atoms. The van der Waals surface area contributed by atoms with Crippen molar-refractivity contribution in [2.24, 2.45) is 0 Å². The second-order valence-corrected chi connectivity index (χ2v) is 3.88. The minimum Gasteiger partial charge on any atom is -0.343 e. The first-order valence-corrected chi connectivity index (χ1v) is 5.35. The first-order valence-electron chi connectivity index (χ1n) is 4.59. The second kappa shape index (κ2) is 6.44. The van der Waals surface area contributed by atoms with E-state index < -0.39 is 11.8 Å². The van der Waals surface area contributed by atoms with Crippen molar-refractivity contribution in [1.82, 2.24) is 10.8 Å². The van der Waals surface area contributed by atoms with Gasteiger partial charge >= 0.3 is 0 Å². The topological polar surface area (TPSA) is 67.4 Å². The molecule has 0 bridgehead atoms. The highest BCUT2D eigenvalue weighted by molar-refractivity contribution is 6.36. The Hall–Kier alpha value is -1.30. The molecule has 0 atom stereocenters. The summed E-state index contributed by atoms with van der Waals surface area (Å²) < 4.78 is 0. The number of benzene rings is 1. The monoisotopic (exact) mass is 276 g/mol. The summed E-state index contributed by atoms with van der Waals surface area (Å²) in [5, 5.41) is 3.04. The van der Waals surface area contributed by atoms with E-state index in [0.717, 1.165) is 0 Å². The van der Waals surface area contributed by atoms with Crippen LogP contribution in [0.15, 0.2) is 18.2 Å². The maximum Gasteiger partial charge on any atom is 0.262 e. The van der Waals surface area contributed by atoms with E-state index >= 15 is 0 Å². The summed E-state index contributed by atoms with van der Waals surface area (Å²) in [5.74, 6) is -0.927. The minimum atomic E-state index is -0.467. The highest BCUT2D eigenvalue weighted by Gasteiger charge is 2.11. The molecule has 0 saturated heterocycles. The summed E-state index contributed by atoms with van der Waals surface area (Å²) in [7, 11) is 1.30. The molecular weight excluding hydrogens is 267 g/mol. The summed E-state index contributed by atoms with van der Waals surface area (Å²) in [6.45, 7) is -0.203. The van der Waals surface area contributed by atoms with Crippen molar-refractivity contribution in [2.45, 2.75) is 0 Å². The van der Waals surface area contributed by atoms with Crippen molar-refractivity contribution in [3.63, 3.8) is 0 Å². The van der Waals surface area contributed by atoms with Gasteiger partial charge in [0.2, 0.25) is 0 Å². The van der Waals surface area contributed by atoms with Crippen LogP contribution in [0.5, 0.6) is 0 Å². The standard InChI is InChI=1S/C10H10Cl2N2O3/c1-17-14-9(15)5-13-10(16)7-3-2-6(11)4-8(7)12/h2-4H,5H2,1H3,(H,13,16)(H,14,15). The third kappa shape index (κ3) is 4.22. The molecule has 0 unspecified atom stereocenters. The minimum absolute atomic E-state index is 0.203. The summed E-state index contributed by atoms with van der Waals surface area (Å²) in [5.41, 5.74) is 2.32. The van der Waals surface area contributed by atoms with Gasteiger partial charge in [-0.3, -0.25) is 14.4 Å². The first kappa shape index (κ1) is 13.8. The van der Waals surface area contributed by atoms with Crippen LogP contribution in [0.2, 0.25) is 10.0 Å². The Balaban J connectivity index is 2.61. The molecule has 5 nitrogen and oxygen atoms in total. The molecule has 2 amide bonds. The van der Waals surface area contributed by atoms with E-state index in [1.165, 1.54) is 25.3 Å². The molecule has 0 fully saturated rings. The van der Waals surface area contributed by atoms with Gasteiger partial charge < -0.3 is 5.32 Å². The van der Waals surface area contributed by atoms with Crippen LogP contribution in [0.1, 0.15) is 10.4 Å². The van der Waals surface area contributed by atoms with Crippen molar-refractivity contribution in [2.75, 3.05) is 13.7 Å². The Morgan fingerprint density at radius 3 is 2.65 bits per heavy atom. The molecule has 1 rings (SSSR count). The number of carbonyl (C=O) groups is 2. The van der Waals surface area contributed by atoms with Crippen molar-refractivity contribution < 1.29 is 14.4 Å². The lowest BCUT2D eigenvalue weighted by Crippen LogP contribution is -2.36. The molecule has 0 aliphatic carbocycles. The summed E-state index contributed by atoms with van der Waals surface area (Å²) in [4.78, 5) is 27.0. The van der Waals surface area contributed by atoms with Crippen LogP contribution in [0.3, 0.4) is 0 Å². The van der Waals surface area contributed by atoms with Gasteiger partial charge in [0.05, 0.1) is 24.2 Å². The van der Waals surface area contributed by atoms with E-state index in [1.54, 1.807) is 0 Å². The number of rotatable bonds is 4. The maximum absolute atomic E-state index is 11.6. The van der Waals surface area contributed by atoms with Crippen molar-refractivity contribution in [1.29, 1.82) is 0 Å². The third-order valence-corrected chi connectivity index (χ3v) is 2.35. The Labute approximate surface area is 108 Å². The van der Waals surface area contributed by atoms with E-state index in [0.29, 0.717) is 5.02 Å². The van der Waals surface area contributed by atoms with Gasteiger partial charge in [-0.1, -0.05) is 23.2 Å². The predicted molar refractivity (Wildman–Crippen MR) is 63.9 cm³/mol. The van der Waals surface area contributed by atoms with E-state index in [4.69, 9.17) is 23.2 Å². The molecule has 1 aromatic carbocycles. The molecule has 92 valence electrons. The van der Waals surface area contributed by atoms with E-state index in [1.807, 2.05) is 0 Å². The van der Waals surface area contributed by atoms with E-state index in [2.05, 4.69) is 15.6 Å². The Bertz CT molecular complexity index is 438. The van der Waals surface area contributed by atoms with Gasteiger partial charge in [0.1, 0.15) is 0 Å². The van der Waals surface area contributed by atoms with Crippen molar-refractivity contribution in [3.05, 3.63) is 33.8 Å². The van der Waals surface area contributed by atoms with Gasteiger partial charge in [-0.15, -0.1) is 0 Å². The van der Waals surface area contributed by atoms with Gasteiger partial charge in [-0.2, -0.15) is 0 Å². The number of carbonyl (C=O) groups excluding carboxylic acids is 2. The third-order valence-electron chi connectivity index (χ3n) is 1.80. The summed E-state index contributed by atoms with van der Waals surface area (Å²) in [6.07, 6.45) is 0. The zero-order valence-corrected chi connectivity index (χ0v) is 10.4. The van der Waals surface area contributed by atoms with Gasteiger partial charge in [0, 0.05) is 5.02 Å². The lowest BCUT2D eigenvalue weighted by atomic mass is 10.2. The van der Waals surface area contributed by atoms with Crippen LogP contribution in [-0.4, -0.2) is 25.5 Å². The van der Waals surface area contributed by atoms with Gasteiger partial charge in [0.25, 0.3) is 11.8 Å². The summed E-state index contributed by atoms with van der Waals surface area (Å²) >= 11 is 11.5. The van der Waals surface area contributed by atoms with E-state index in [-0.39, 0.29) is 17.1 Å². The normalized spacial score (nSPS) is 9.82. The van der Waals surface area contributed by atoms with Crippen LogP contribution in [0.25, 0.3) is 0 Å². The highest BCUT2D eigenvalue weighted by Crippen LogP contribution is 2.20. The Morgan fingerprint density at radius 1 is 1.35 bits per heavy atom. The van der Waals surface area contributed by atoms with Crippen molar-refractivity contribution in [3.8, 4) is 0 Å². The molecule has 0 aromatic heterocycles. The van der Waals surface area contributed by atoms with Crippen LogP contribution < -0.4 is 10.8 Å². The SMILES string of the molecule is CONC(=O)CNC(=O)c1ccc(Cl)cc1Cl. The molecule has 7 heteroatoms. The molecule has 1 aromatic rings. The Kier molecular flexibility index (Phi) is 5.21. The number of hydroxylamine groups is 1. The largest absolute Gasteiger partial charge is 0.343 e. The lowest BCUT2D eigenvalue weighted by Gasteiger charge is -2.06. The molecular formula is C10H10Cl2N2O3. The first-order chi connectivity index (χ1) is 8.04. The second-order valence-electron chi connectivity index (χ2n) is 3.04. The lowest BCUT2D eigenvalue weighted by molar-refractivity contribution is -0.130. The molecule has 0 aliphatic rings. The molecule has 0 radical (unpaired) electrons. The average molecular weight is 277 g/mol. The number of hydrogen-bond donors (Lipinski definition) is 2. The smallest absolute Gasteiger partial charge is 0.262 e. The molecule has 0 saturated carbocycles. The zero-order valence-electron chi connectivity index (χ0n) is 8.92. The fourth-order valence-electron chi connectivity index (χ4n) is 1.08. The highest BCUT2D eigenvalue weighted by atomic mass is 35.5. The van der Waals surface area contributed by atoms with Gasteiger partial charge in [-0.05, 0) is 18.2 Å². The fourth-order valence-corrected chi connectivity index (χ4v) is 1.57. The van der Waals surface area contributed by atoms with Crippen LogP contribution in [-0.2, 0) is 9.63 Å². The number of amides is 2. The van der Waals surface area contributed by atoms with Crippen LogP contribution in [0, 0.1) is 0 Å². The van der Waals surface area contributed by atoms with Crippen LogP contribution in [0.4, 0.5) is 0 Å². The molecule has 2 N–H and O–H groups in total. The number of hydrogen-bond acceptors (Lipinski definition) is 3. The number of nitrogens with one attached hydrogen (secondary N) is 2. The number of halogens is 2. The van der Waals surface area contributed by atoms with E-state index in [9.17, 15) is 9.59 Å². The van der Waals surface area contributed by atoms with Gasteiger partial charge in [-0.25, -0.2) is 5.48 Å². The zero-order chi connectivity index (χ0) is 12.8.